The van der Waals surface area contributed by atoms with Gasteiger partial charge in [-0.15, -0.1) is 0 Å². The SMILES string of the molecule is O=C1CCC2=C(C1)OC1=CC(O)CC=C1C21OC(=O)c2c1ccc(Cl)c2Cl. The predicted octanol–water partition coefficient (Wildman–Crippen LogP) is 3.97. The highest BCUT2D eigenvalue weighted by Gasteiger charge is 2.57. The number of carbonyl (C=O) groups is 2. The van der Waals surface area contributed by atoms with E-state index in [9.17, 15) is 14.7 Å². The number of hydrogen-bond donors (Lipinski definition) is 1. The zero-order valence-corrected chi connectivity index (χ0v) is 15.6. The molecule has 7 heteroatoms. The van der Waals surface area contributed by atoms with Gasteiger partial charge in [0.05, 0.1) is 28.1 Å². The van der Waals surface area contributed by atoms with E-state index in [0.717, 1.165) is 5.57 Å². The molecule has 0 saturated heterocycles. The van der Waals surface area contributed by atoms with Gasteiger partial charge in [0, 0.05) is 23.1 Å². The molecule has 1 spiro atoms. The van der Waals surface area contributed by atoms with E-state index in [1.807, 2.05) is 6.08 Å². The summed E-state index contributed by atoms with van der Waals surface area (Å²) in [4.78, 5) is 24.8. The number of benzene rings is 1. The first-order valence-electron chi connectivity index (χ1n) is 8.66. The fourth-order valence-corrected chi connectivity index (χ4v) is 4.73. The molecule has 0 aromatic heterocycles. The van der Waals surface area contributed by atoms with E-state index < -0.39 is 17.7 Å². The summed E-state index contributed by atoms with van der Waals surface area (Å²) in [5.74, 6) is 0.394. The van der Waals surface area contributed by atoms with Crippen molar-refractivity contribution < 1.29 is 24.2 Å². The quantitative estimate of drug-likeness (QED) is 0.662. The van der Waals surface area contributed by atoms with Crippen LogP contribution in [0.4, 0.5) is 0 Å². The molecule has 138 valence electrons. The van der Waals surface area contributed by atoms with Crippen LogP contribution in [-0.2, 0) is 19.9 Å². The van der Waals surface area contributed by atoms with Crippen molar-refractivity contribution in [1.82, 2.24) is 0 Å². The topological polar surface area (TPSA) is 72.8 Å². The summed E-state index contributed by atoms with van der Waals surface area (Å²) in [5, 5.41) is 10.4. The van der Waals surface area contributed by atoms with E-state index in [1.165, 1.54) is 0 Å². The first kappa shape index (κ1) is 17.0. The molecule has 0 fully saturated rings. The molecule has 2 aliphatic carbocycles. The predicted molar refractivity (Wildman–Crippen MR) is 97.3 cm³/mol. The van der Waals surface area contributed by atoms with Crippen LogP contribution in [0.25, 0.3) is 0 Å². The van der Waals surface area contributed by atoms with Crippen LogP contribution in [0.3, 0.4) is 0 Å². The standard InChI is InChI=1S/C20H14Cl2O5/c21-14-6-5-13-17(18(14)22)19(25)27-20(13)11-3-1-9(23)7-15(11)26-16-8-10(24)2-4-12(16)20/h3,5-7,9,23H,1-2,4,8H2. The van der Waals surface area contributed by atoms with Crippen LogP contribution in [0.2, 0.25) is 10.0 Å². The van der Waals surface area contributed by atoms with Gasteiger partial charge in [-0.25, -0.2) is 4.79 Å². The molecule has 5 nitrogen and oxygen atoms in total. The Morgan fingerprint density at radius 1 is 1.19 bits per heavy atom. The van der Waals surface area contributed by atoms with Gasteiger partial charge in [0.25, 0.3) is 0 Å². The third-order valence-electron chi connectivity index (χ3n) is 5.48. The van der Waals surface area contributed by atoms with Crippen molar-refractivity contribution in [3.8, 4) is 0 Å². The van der Waals surface area contributed by atoms with Crippen molar-refractivity contribution in [1.29, 1.82) is 0 Å². The van der Waals surface area contributed by atoms with Crippen LogP contribution >= 0.6 is 23.2 Å². The zero-order valence-electron chi connectivity index (χ0n) is 14.1. The Bertz CT molecular complexity index is 1020. The van der Waals surface area contributed by atoms with Crippen LogP contribution in [0.15, 0.2) is 46.9 Å². The number of esters is 1. The van der Waals surface area contributed by atoms with Crippen molar-refractivity contribution in [2.45, 2.75) is 37.4 Å². The smallest absolute Gasteiger partial charge is 0.341 e. The Hall–Kier alpha value is -2.08. The summed E-state index contributed by atoms with van der Waals surface area (Å²) in [6.07, 6.45) is 3.99. The lowest BCUT2D eigenvalue weighted by Gasteiger charge is -2.42. The minimum absolute atomic E-state index is 0.0620. The molecule has 2 unspecified atom stereocenters. The molecule has 5 rings (SSSR count). The van der Waals surface area contributed by atoms with E-state index in [1.54, 1.807) is 18.2 Å². The van der Waals surface area contributed by atoms with Crippen molar-refractivity contribution in [3.63, 3.8) is 0 Å². The number of Topliss-reactive ketones (excluding diaryl/α,β-unsaturated/α-hetero) is 1. The van der Waals surface area contributed by atoms with Gasteiger partial charge in [0.1, 0.15) is 17.3 Å². The summed E-state index contributed by atoms with van der Waals surface area (Å²) in [6.45, 7) is 0. The Kier molecular flexibility index (Phi) is 3.60. The maximum Gasteiger partial charge on any atom is 0.341 e. The normalized spacial score (nSPS) is 28.8. The minimum Gasteiger partial charge on any atom is -0.461 e. The number of allylic oxidation sites excluding steroid dienone is 1. The van der Waals surface area contributed by atoms with Gasteiger partial charge in [0.2, 0.25) is 0 Å². The second-order valence-corrected chi connectivity index (χ2v) is 7.81. The maximum atomic E-state index is 12.8. The highest BCUT2D eigenvalue weighted by molar-refractivity contribution is 6.44. The number of aliphatic hydroxyl groups is 1. The maximum absolute atomic E-state index is 12.8. The van der Waals surface area contributed by atoms with Crippen LogP contribution in [-0.4, -0.2) is 23.0 Å². The fraction of sp³-hybridized carbons (Fsp3) is 0.300. The van der Waals surface area contributed by atoms with Gasteiger partial charge in [-0.1, -0.05) is 35.3 Å². The van der Waals surface area contributed by atoms with E-state index in [0.29, 0.717) is 41.9 Å². The summed E-state index contributed by atoms with van der Waals surface area (Å²) in [6, 6.07) is 3.38. The molecule has 2 heterocycles. The average Bonchev–Trinajstić information content (AvgIpc) is 2.91. The van der Waals surface area contributed by atoms with Crippen LogP contribution in [0.1, 0.15) is 41.6 Å². The van der Waals surface area contributed by atoms with E-state index in [2.05, 4.69) is 0 Å². The highest BCUT2D eigenvalue weighted by Crippen LogP contribution is 2.58. The van der Waals surface area contributed by atoms with Gasteiger partial charge in [-0.05, 0) is 25.0 Å². The van der Waals surface area contributed by atoms with Crippen LogP contribution in [0, 0.1) is 0 Å². The number of ether oxygens (including phenoxy) is 2. The lowest BCUT2D eigenvalue weighted by Crippen LogP contribution is -2.40. The van der Waals surface area contributed by atoms with E-state index >= 15 is 0 Å². The molecule has 2 aliphatic heterocycles. The van der Waals surface area contributed by atoms with Crippen LogP contribution in [0.5, 0.6) is 0 Å². The summed E-state index contributed by atoms with van der Waals surface area (Å²) in [7, 11) is 0. The Labute approximate surface area is 164 Å². The molecule has 4 aliphatic rings. The Morgan fingerprint density at radius 2 is 2.00 bits per heavy atom. The number of carbonyl (C=O) groups excluding carboxylic acids is 2. The molecule has 0 amide bonds. The molecule has 27 heavy (non-hydrogen) atoms. The Morgan fingerprint density at radius 3 is 2.81 bits per heavy atom. The number of fused-ring (bicyclic) bond motifs is 5. The molecule has 2 atom stereocenters. The van der Waals surface area contributed by atoms with Crippen molar-refractivity contribution >= 4 is 35.0 Å². The lowest BCUT2D eigenvalue weighted by atomic mass is 9.71. The van der Waals surface area contributed by atoms with E-state index in [-0.39, 0.29) is 27.8 Å². The first-order chi connectivity index (χ1) is 12.9. The molecular weight excluding hydrogens is 391 g/mol. The summed E-state index contributed by atoms with van der Waals surface area (Å²) in [5.41, 5.74) is 1.06. The third-order valence-corrected chi connectivity index (χ3v) is 6.29. The van der Waals surface area contributed by atoms with Crippen molar-refractivity contribution in [3.05, 3.63) is 68.1 Å². The number of ketones is 1. The monoisotopic (exact) mass is 404 g/mol. The minimum atomic E-state index is -1.19. The zero-order chi connectivity index (χ0) is 18.9. The highest BCUT2D eigenvalue weighted by atomic mass is 35.5. The molecular formula is C20H14Cl2O5. The summed E-state index contributed by atoms with van der Waals surface area (Å²) < 4.78 is 12.0. The number of halogens is 2. The van der Waals surface area contributed by atoms with Crippen molar-refractivity contribution in [2.24, 2.45) is 0 Å². The van der Waals surface area contributed by atoms with Crippen LogP contribution < -0.4 is 0 Å². The largest absolute Gasteiger partial charge is 0.461 e. The number of hydrogen-bond acceptors (Lipinski definition) is 5. The molecule has 0 radical (unpaired) electrons. The van der Waals surface area contributed by atoms with Crippen molar-refractivity contribution in [2.75, 3.05) is 0 Å². The van der Waals surface area contributed by atoms with Gasteiger partial charge in [-0.2, -0.15) is 0 Å². The second kappa shape index (κ2) is 5.71. The fourth-order valence-electron chi connectivity index (χ4n) is 4.33. The van der Waals surface area contributed by atoms with Gasteiger partial charge in [-0.3, -0.25) is 4.79 Å². The van der Waals surface area contributed by atoms with Gasteiger partial charge in [0.15, 0.2) is 5.60 Å². The Balaban J connectivity index is 1.83. The molecule has 1 aromatic rings. The number of rotatable bonds is 0. The molecule has 0 saturated carbocycles. The molecule has 0 bridgehead atoms. The van der Waals surface area contributed by atoms with Gasteiger partial charge >= 0.3 is 5.97 Å². The van der Waals surface area contributed by atoms with E-state index in [4.69, 9.17) is 32.7 Å². The lowest BCUT2D eigenvalue weighted by molar-refractivity contribution is -0.119. The summed E-state index contributed by atoms with van der Waals surface area (Å²) >= 11 is 12.4. The first-order valence-corrected chi connectivity index (χ1v) is 9.42. The van der Waals surface area contributed by atoms with Gasteiger partial charge < -0.3 is 14.6 Å². The number of aliphatic hydroxyl groups excluding tert-OH is 1. The molecule has 1 N–H and O–H groups in total. The second-order valence-electron chi connectivity index (χ2n) is 7.03. The third kappa shape index (κ3) is 2.22. The average molecular weight is 405 g/mol. The molecule has 1 aromatic carbocycles.